The summed E-state index contributed by atoms with van der Waals surface area (Å²) in [6.45, 7) is 0. The third kappa shape index (κ3) is 34.8. The zero-order chi connectivity index (χ0) is 22.8. The van der Waals surface area contributed by atoms with Crippen LogP contribution < -0.4 is 0 Å². The molecular weight excluding hydrogens is 658 g/mol. The fraction of sp³-hybridized carbons (Fsp3) is 1.00. The van der Waals surface area contributed by atoms with Crippen molar-refractivity contribution in [3.63, 3.8) is 0 Å². The predicted molar refractivity (Wildman–Crippen MR) is 113 cm³/mol. The number of hydrogen-bond acceptors (Lipinski definition) is 12. The quantitative estimate of drug-likeness (QED) is 0.0737. The molecule has 0 aliphatic carbocycles. The van der Waals surface area contributed by atoms with Crippen molar-refractivity contribution in [1.82, 2.24) is 0 Å². The first kappa shape index (κ1) is 41.3. The standard InChI is InChI=1S/4C3H9O3P.Au/c4*4-1-7(2-5)3-6;/h4*4-6H,1-3H2;/i;;;;1+1. The molecule has 0 aromatic heterocycles. The second-order valence-corrected chi connectivity index (χ2v) is 13.1. The summed E-state index contributed by atoms with van der Waals surface area (Å²) in [5, 5.41) is 98.8. The van der Waals surface area contributed by atoms with E-state index in [1.807, 2.05) is 0 Å². The van der Waals surface area contributed by atoms with Crippen LogP contribution >= 0.6 is 31.7 Å². The molecule has 0 rings (SSSR count). The van der Waals surface area contributed by atoms with Crippen LogP contribution in [0.1, 0.15) is 0 Å². The van der Waals surface area contributed by atoms with Gasteiger partial charge in [-0.15, -0.1) is 0 Å². The molecule has 0 saturated heterocycles. The van der Waals surface area contributed by atoms with Crippen molar-refractivity contribution >= 4 is 31.7 Å². The normalized spacial score (nSPS) is 9.93. The molecule has 0 saturated carbocycles. The van der Waals surface area contributed by atoms with Crippen LogP contribution in [0.2, 0.25) is 0 Å². The zero-order valence-electron chi connectivity index (χ0n) is 15.9. The molecule has 0 fully saturated rings. The minimum absolute atomic E-state index is 0. The summed E-state index contributed by atoms with van der Waals surface area (Å²) in [7, 11) is -3.55. The van der Waals surface area contributed by atoms with Gasteiger partial charge < -0.3 is 61.3 Å². The van der Waals surface area contributed by atoms with E-state index in [-0.39, 0.29) is 98.6 Å². The third-order valence-electron chi connectivity index (χ3n) is 2.40. The maximum absolute atomic E-state index is 8.23. The van der Waals surface area contributed by atoms with E-state index in [4.69, 9.17) is 61.3 Å². The van der Waals surface area contributed by atoms with E-state index in [2.05, 4.69) is 0 Å². The fourth-order valence-electron chi connectivity index (χ4n) is 0.537. The van der Waals surface area contributed by atoms with E-state index in [0.717, 1.165) is 0 Å². The Hall–Kier alpha value is 1.98. The van der Waals surface area contributed by atoms with Gasteiger partial charge in [0.2, 0.25) is 0 Å². The van der Waals surface area contributed by atoms with Crippen molar-refractivity contribution < 1.29 is 83.7 Å². The number of aliphatic hydroxyl groups excluding tert-OH is 12. The fourth-order valence-corrected chi connectivity index (χ4v) is 1.61. The van der Waals surface area contributed by atoms with Crippen LogP contribution in [-0.4, -0.2) is 137 Å². The van der Waals surface area contributed by atoms with Crippen molar-refractivity contribution in [2.45, 2.75) is 0 Å². The Morgan fingerprint density at radius 1 is 0.241 bits per heavy atom. The Kier molecular flexibility index (Phi) is 53.1. The molecule has 0 heterocycles. The molecule has 187 valence electrons. The average Bonchev–Trinajstić information content (AvgIpc) is 2.75. The van der Waals surface area contributed by atoms with Crippen molar-refractivity contribution in [3.8, 4) is 0 Å². The summed E-state index contributed by atoms with van der Waals surface area (Å²) in [5.74, 6) is 0. The third-order valence-corrected chi connectivity index (χ3v) is 7.20. The average molecular weight is 694 g/mol. The molecule has 12 N–H and O–H groups in total. The Bertz CT molecular complexity index is 181. The molecular formula is C12H36AuO12P4. The van der Waals surface area contributed by atoms with Crippen molar-refractivity contribution in [2.24, 2.45) is 0 Å². The van der Waals surface area contributed by atoms with Gasteiger partial charge in [0, 0.05) is 22.4 Å². The molecule has 0 aliphatic rings. The molecule has 0 amide bonds. The van der Waals surface area contributed by atoms with Crippen molar-refractivity contribution in [3.05, 3.63) is 0 Å². The Balaban J connectivity index is -0.0000000873. The van der Waals surface area contributed by atoms with Gasteiger partial charge in [0.25, 0.3) is 0 Å². The minimum Gasteiger partial charge on any atom is -0.392 e. The maximum Gasteiger partial charge on any atom is 0.0668 e. The molecule has 12 nitrogen and oxygen atoms in total. The summed E-state index contributed by atoms with van der Waals surface area (Å²) < 4.78 is 0. The van der Waals surface area contributed by atoms with Gasteiger partial charge in [0.15, 0.2) is 0 Å². The molecule has 0 spiro atoms. The summed E-state index contributed by atoms with van der Waals surface area (Å²) in [6.07, 6.45) is -0.972. The van der Waals surface area contributed by atoms with Gasteiger partial charge in [-0.3, -0.25) is 0 Å². The van der Waals surface area contributed by atoms with Crippen molar-refractivity contribution in [2.75, 3.05) is 76.2 Å². The Morgan fingerprint density at radius 2 is 0.310 bits per heavy atom. The van der Waals surface area contributed by atoms with E-state index in [1.54, 1.807) is 0 Å². The smallest absolute Gasteiger partial charge is 0.0668 e. The molecule has 0 bridgehead atoms. The van der Waals surface area contributed by atoms with Crippen LogP contribution in [0.15, 0.2) is 0 Å². The first-order chi connectivity index (χ1) is 13.4. The molecule has 0 unspecified atom stereocenters. The van der Waals surface area contributed by atoms with Gasteiger partial charge >= 0.3 is 0 Å². The van der Waals surface area contributed by atoms with Gasteiger partial charge in [-0.1, -0.05) is 0 Å². The number of aliphatic hydroxyl groups is 12. The van der Waals surface area contributed by atoms with Gasteiger partial charge in [-0.2, -0.15) is 0 Å². The summed E-state index contributed by atoms with van der Waals surface area (Å²) in [6, 6.07) is 0. The van der Waals surface area contributed by atoms with Crippen LogP contribution in [0.25, 0.3) is 0 Å². The van der Waals surface area contributed by atoms with Crippen LogP contribution in [0, 0.1) is 0 Å². The molecule has 29 heavy (non-hydrogen) atoms. The van der Waals surface area contributed by atoms with E-state index in [9.17, 15) is 0 Å². The number of hydrogen-bond donors (Lipinski definition) is 12. The van der Waals surface area contributed by atoms with E-state index < -0.39 is 31.7 Å². The first-order valence-electron chi connectivity index (χ1n) is 7.59. The molecule has 0 atom stereocenters. The molecule has 0 aliphatic heterocycles. The summed E-state index contributed by atoms with van der Waals surface area (Å²) in [5.41, 5.74) is 0. The Labute approximate surface area is 191 Å². The first-order valence-corrected chi connectivity index (χ1v) is 15.2. The molecule has 0 aromatic rings. The second kappa shape index (κ2) is 37.3. The SMILES string of the molecule is OCP(CO)CO.OCP(CO)CO.OCP(CO)CO.OCP(CO)CO.[198Au]. The van der Waals surface area contributed by atoms with Crippen LogP contribution in [0.4, 0.5) is 0 Å². The molecule has 17 heteroatoms. The topological polar surface area (TPSA) is 243 Å². The minimum atomic E-state index is -0.887. The maximum atomic E-state index is 8.23. The molecule has 1 radical (unpaired) electrons. The van der Waals surface area contributed by atoms with E-state index >= 15 is 0 Å². The predicted octanol–water partition coefficient (Wildman–Crippen LogP) is -2.73. The van der Waals surface area contributed by atoms with Crippen LogP contribution in [0.5, 0.6) is 0 Å². The summed E-state index contributed by atoms with van der Waals surface area (Å²) >= 11 is 0. The Morgan fingerprint density at radius 3 is 0.310 bits per heavy atom. The number of rotatable bonds is 12. The van der Waals surface area contributed by atoms with E-state index in [1.165, 1.54) is 0 Å². The summed E-state index contributed by atoms with van der Waals surface area (Å²) in [4.78, 5) is 0. The van der Waals surface area contributed by atoms with Gasteiger partial charge in [-0.05, 0) is 31.7 Å². The van der Waals surface area contributed by atoms with E-state index in [0.29, 0.717) is 0 Å². The van der Waals surface area contributed by atoms with Crippen molar-refractivity contribution in [1.29, 1.82) is 0 Å². The second-order valence-electron chi connectivity index (χ2n) is 4.38. The van der Waals surface area contributed by atoms with Gasteiger partial charge in [-0.25, -0.2) is 0 Å². The van der Waals surface area contributed by atoms with Gasteiger partial charge in [0.05, 0.1) is 76.2 Å². The molecule has 0 aromatic carbocycles. The zero-order valence-corrected chi connectivity index (χ0v) is 21.7. The largest absolute Gasteiger partial charge is 0.392 e. The van der Waals surface area contributed by atoms with Crippen LogP contribution in [-0.2, 0) is 22.4 Å². The van der Waals surface area contributed by atoms with Gasteiger partial charge in [0.1, 0.15) is 0 Å². The van der Waals surface area contributed by atoms with Crippen LogP contribution in [0.3, 0.4) is 0 Å². The monoisotopic (exact) mass is 694 g/mol.